The lowest BCUT2D eigenvalue weighted by Crippen LogP contribution is -2.12. The molecule has 0 nitrogen and oxygen atoms in total. The maximum Gasteiger partial charge on any atom is -0.0417 e. The molecule has 88 valence electrons. The summed E-state index contributed by atoms with van der Waals surface area (Å²) in [6, 6.07) is 0. The van der Waals surface area contributed by atoms with Gasteiger partial charge in [0.1, 0.15) is 0 Å². The smallest absolute Gasteiger partial charge is 0.0417 e. The SMILES string of the molecule is CCC.CCC1CCC(CC)CC1.P. The van der Waals surface area contributed by atoms with Crippen molar-refractivity contribution < 1.29 is 0 Å². The van der Waals surface area contributed by atoms with Gasteiger partial charge in [-0.05, 0) is 11.8 Å². The summed E-state index contributed by atoms with van der Waals surface area (Å²) in [5.41, 5.74) is 0. The topological polar surface area (TPSA) is 0 Å². The van der Waals surface area contributed by atoms with Gasteiger partial charge in [-0.3, -0.25) is 0 Å². The van der Waals surface area contributed by atoms with E-state index in [0.29, 0.717) is 0 Å². The van der Waals surface area contributed by atoms with Crippen molar-refractivity contribution in [3.63, 3.8) is 0 Å². The average Bonchev–Trinajstić information content (AvgIpc) is 2.19. The van der Waals surface area contributed by atoms with Crippen LogP contribution < -0.4 is 0 Å². The molecule has 1 heteroatoms. The molecule has 1 aliphatic carbocycles. The van der Waals surface area contributed by atoms with E-state index in [-0.39, 0.29) is 9.90 Å². The highest BCUT2D eigenvalue weighted by Crippen LogP contribution is 2.31. The van der Waals surface area contributed by atoms with Crippen LogP contribution in [0.1, 0.15) is 72.6 Å². The fourth-order valence-corrected chi connectivity index (χ4v) is 2.05. The van der Waals surface area contributed by atoms with Gasteiger partial charge in [0.25, 0.3) is 0 Å². The maximum absolute atomic E-state index is 2.33. The molecule has 0 amide bonds. The lowest BCUT2D eigenvalue weighted by Gasteiger charge is -2.26. The molecule has 1 saturated carbocycles. The van der Waals surface area contributed by atoms with E-state index in [9.17, 15) is 0 Å². The monoisotopic (exact) mass is 218 g/mol. The van der Waals surface area contributed by atoms with E-state index >= 15 is 0 Å². The first-order valence-corrected chi connectivity index (χ1v) is 6.28. The van der Waals surface area contributed by atoms with E-state index in [0.717, 1.165) is 11.8 Å². The van der Waals surface area contributed by atoms with Gasteiger partial charge >= 0.3 is 0 Å². The Hall–Kier alpha value is 0.430. The summed E-state index contributed by atoms with van der Waals surface area (Å²) in [5, 5.41) is 0. The van der Waals surface area contributed by atoms with Crippen LogP contribution in [0.15, 0.2) is 0 Å². The van der Waals surface area contributed by atoms with E-state index in [4.69, 9.17) is 0 Å². The van der Waals surface area contributed by atoms with E-state index in [1.165, 1.54) is 44.9 Å². The van der Waals surface area contributed by atoms with Gasteiger partial charge in [0.15, 0.2) is 0 Å². The minimum absolute atomic E-state index is 0. The summed E-state index contributed by atoms with van der Waals surface area (Å²) >= 11 is 0. The Morgan fingerprint density at radius 2 is 0.929 bits per heavy atom. The van der Waals surface area contributed by atoms with Gasteiger partial charge in [0, 0.05) is 0 Å². The van der Waals surface area contributed by atoms with Crippen LogP contribution in [-0.2, 0) is 0 Å². The van der Waals surface area contributed by atoms with E-state index in [2.05, 4.69) is 27.7 Å². The van der Waals surface area contributed by atoms with Crippen LogP contribution in [0.3, 0.4) is 0 Å². The predicted octanol–water partition coefficient (Wildman–Crippen LogP) is 5.09. The van der Waals surface area contributed by atoms with Crippen molar-refractivity contribution >= 4 is 9.90 Å². The van der Waals surface area contributed by atoms with Crippen molar-refractivity contribution in [3.05, 3.63) is 0 Å². The second-order valence-electron chi connectivity index (χ2n) is 4.41. The van der Waals surface area contributed by atoms with Gasteiger partial charge in [-0.1, -0.05) is 72.6 Å². The molecule has 1 rings (SSSR count). The molecule has 14 heavy (non-hydrogen) atoms. The molecule has 1 unspecified atom stereocenters. The fourth-order valence-electron chi connectivity index (χ4n) is 2.05. The van der Waals surface area contributed by atoms with Crippen LogP contribution in [0.2, 0.25) is 0 Å². The third-order valence-corrected chi connectivity index (χ3v) is 3.12. The Kier molecular flexibility index (Phi) is 13.8. The average molecular weight is 218 g/mol. The van der Waals surface area contributed by atoms with E-state index < -0.39 is 0 Å². The molecule has 0 bridgehead atoms. The van der Waals surface area contributed by atoms with E-state index in [1.807, 2.05) is 0 Å². The molecule has 0 aromatic rings. The number of rotatable bonds is 2. The molecule has 1 aliphatic rings. The second-order valence-corrected chi connectivity index (χ2v) is 4.41. The Morgan fingerprint density at radius 3 is 1.07 bits per heavy atom. The summed E-state index contributed by atoms with van der Waals surface area (Å²) in [4.78, 5) is 0. The molecular weight excluding hydrogens is 187 g/mol. The van der Waals surface area contributed by atoms with Crippen LogP contribution >= 0.6 is 9.90 Å². The Morgan fingerprint density at radius 1 is 0.714 bits per heavy atom. The van der Waals surface area contributed by atoms with Crippen LogP contribution in [0.25, 0.3) is 0 Å². The van der Waals surface area contributed by atoms with Gasteiger partial charge in [0.05, 0.1) is 0 Å². The Balaban J connectivity index is 0. The van der Waals surface area contributed by atoms with Crippen molar-refractivity contribution in [2.45, 2.75) is 72.6 Å². The Labute approximate surface area is 94.9 Å². The van der Waals surface area contributed by atoms with Gasteiger partial charge in [-0.2, -0.15) is 9.90 Å². The minimum atomic E-state index is 0. The largest absolute Gasteiger partial charge is 0.153 e. The molecule has 0 N–H and O–H groups in total. The Bertz CT molecular complexity index is 81.4. The first-order chi connectivity index (χ1) is 6.28. The molecule has 0 aliphatic heterocycles. The lowest BCUT2D eigenvalue weighted by molar-refractivity contribution is 0.264. The number of hydrogen-bond donors (Lipinski definition) is 0. The highest BCUT2D eigenvalue weighted by atomic mass is 31.0. The highest BCUT2D eigenvalue weighted by Gasteiger charge is 2.17. The summed E-state index contributed by atoms with van der Waals surface area (Å²) in [7, 11) is 0. The van der Waals surface area contributed by atoms with Crippen molar-refractivity contribution in [1.29, 1.82) is 0 Å². The lowest BCUT2D eigenvalue weighted by atomic mass is 9.80. The molecule has 1 atom stereocenters. The summed E-state index contributed by atoms with van der Waals surface area (Å²) in [6.45, 7) is 8.91. The quantitative estimate of drug-likeness (QED) is 0.566. The first-order valence-electron chi connectivity index (χ1n) is 6.28. The van der Waals surface area contributed by atoms with E-state index in [1.54, 1.807) is 0 Å². The normalized spacial score (nSPS) is 25.7. The number of hydrogen-bond acceptors (Lipinski definition) is 0. The van der Waals surface area contributed by atoms with Gasteiger partial charge in [-0.25, -0.2) is 0 Å². The van der Waals surface area contributed by atoms with Crippen LogP contribution in [0, 0.1) is 11.8 Å². The zero-order chi connectivity index (χ0) is 10.1. The van der Waals surface area contributed by atoms with Crippen LogP contribution in [-0.4, -0.2) is 0 Å². The predicted molar refractivity (Wildman–Crippen MR) is 73.1 cm³/mol. The van der Waals surface area contributed by atoms with Crippen molar-refractivity contribution in [3.8, 4) is 0 Å². The standard InChI is InChI=1S/C10H20.C3H8.H3P/c1-3-9-5-7-10(4-2)8-6-9;1-3-2;/h9-10H,3-8H2,1-2H3;3H2,1-2H3;1H3. The minimum Gasteiger partial charge on any atom is -0.153 e. The van der Waals surface area contributed by atoms with Crippen LogP contribution in [0.5, 0.6) is 0 Å². The third kappa shape index (κ3) is 7.80. The fraction of sp³-hybridized carbons (Fsp3) is 1.00. The van der Waals surface area contributed by atoms with Crippen molar-refractivity contribution in [1.82, 2.24) is 0 Å². The maximum atomic E-state index is 2.33. The molecule has 0 aromatic carbocycles. The first kappa shape index (κ1) is 16.8. The molecule has 0 aromatic heterocycles. The third-order valence-electron chi connectivity index (χ3n) is 3.12. The molecule has 0 heterocycles. The van der Waals surface area contributed by atoms with Gasteiger partial charge < -0.3 is 0 Å². The molecular formula is C13H31P. The summed E-state index contributed by atoms with van der Waals surface area (Å²) < 4.78 is 0. The summed E-state index contributed by atoms with van der Waals surface area (Å²) in [6.07, 6.45) is 10.1. The van der Waals surface area contributed by atoms with Gasteiger partial charge in [-0.15, -0.1) is 0 Å². The van der Waals surface area contributed by atoms with Crippen molar-refractivity contribution in [2.75, 3.05) is 0 Å². The second kappa shape index (κ2) is 11.5. The van der Waals surface area contributed by atoms with Gasteiger partial charge in [0.2, 0.25) is 0 Å². The highest BCUT2D eigenvalue weighted by molar-refractivity contribution is 6.92. The molecule has 0 saturated heterocycles. The zero-order valence-corrected chi connectivity index (χ0v) is 12.2. The summed E-state index contributed by atoms with van der Waals surface area (Å²) in [5.74, 6) is 2.14. The zero-order valence-electron chi connectivity index (χ0n) is 10.8. The molecule has 1 fully saturated rings. The molecule has 0 spiro atoms. The molecule has 0 radical (unpaired) electrons. The van der Waals surface area contributed by atoms with Crippen LogP contribution in [0.4, 0.5) is 0 Å². The van der Waals surface area contributed by atoms with Crippen molar-refractivity contribution in [2.24, 2.45) is 11.8 Å².